The number of carbonyl (C=O) groups is 1. The van der Waals surface area contributed by atoms with Crippen molar-refractivity contribution in [2.75, 3.05) is 25.4 Å². The van der Waals surface area contributed by atoms with Gasteiger partial charge in [0.2, 0.25) is 0 Å². The Morgan fingerprint density at radius 1 is 1.47 bits per heavy atom. The maximum Gasteiger partial charge on any atom is 0.307 e. The molecule has 0 N–H and O–H groups in total. The quantitative estimate of drug-likeness (QED) is 0.723. The predicted octanol–water partition coefficient (Wildman–Crippen LogP) is 2.30. The molecule has 0 amide bonds. The Morgan fingerprint density at radius 3 is 2.71 bits per heavy atom. The molecule has 17 heavy (non-hydrogen) atoms. The number of carbonyl (C=O) groups excluding carboxylic acids is 1. The van der Waals surface area contributed by atoms with E-state index in [4.69, 9.17) is 4.74 Å². The first-order valence-electron chi connectivity index (χ1n) is 6.68. The van der Waals surface area contributed by atoms with Crippen LogP contribution in [-0.2, 0) is 9.53 Å². The molecule has 0 spiro atoms. The van der Waals surface area contributed by atoms with Crippen molar-refractivity contribution in [1.29, 1.82) is 0 Å². The minimum absolute atomic E-state index is 0.0194. The molecule has 2 atom stereocenters. The second kappa shape index (κ2) is 5.61. The fourth-order valence-electron chi connectivity index (χ4n) is 3.08. The van der Waals surface area contributed by atoms with E-state index in [1.54, 1.807) is 0 Å². The van der Waals surface area contributed by atoms with E-state index in [9.17, 15) is 4.79 Å². The molecule has 0 saturated carbocycles. The van der Waals surface area contributed by atoms with Gasteiger partial charge in [-0.2, -0.15) is 11.8 Å². The minimum atomic E-state index is -0.0194. The summed E-state index contributed by atoms with van der Waals surface area (Å²) >= 11 is 2.00. The fraction of sp³-hybridized carbons (Fsp3) is 0.923. The second-order valence-corrected chi connectivity index (χ2v) is 6.65. The number of hydrogen-bond acceptors (Lipinski definition) is 4. The Bertz CT molecular complexity index is 279. The van der Waals surface area contributed by atoms with Crippen LogP contribution in [-0.4, -0.2) is 47.1 Å². The Kier molecular flexibility index (Phi) is 4.36. The lowest BCUT2D eigenvalue weighted by Gasteiger charge is -2.37. The molecule has 0 aliphatic carbocycles. The summed E-state index contributed by atoms with van der Waals surface area (Å²) in [6, 6.07) is 0. The highest BCUT2D eigenvalue weighted by molar-refractivity contribution is 8.00. The molecule has 0 radical (unpaired) electrons. The molecular weight excluding hydrogens is 234 g/mol. The Labute approximate surface area is 108 Å². The predicted molar refractivity (Wildman–Crippen MR) is 71.3 cm³/mol. The summed E-state index contributed by atoms with van der Waals surface area (Å²) < 4.78 is 5.15. The fourth-order valence-corrected chi connectivity index (χ4v) is 4.50. The van der Waals surface area contributed by atoms with Crippen molar-refractivity contribution in [3.63, 3.8) is 0 Å². The van der Waals surface area contributed by atoms with Crippen LogP contribution >= 0.6 is 11.8 Å². The zero-order chi connectivity index (χ0) is 12.3. The third-order valence-electron chi connectivity index (χ3n) is 3.86. The van der Waals surface area contributed by atoms with Gasteiger partial charge >= 0.3 is 5.97 Å². The first-order valence-corrected chi connectivity index (χ1v) is 7.73. The molecule has 0 aromatic heterocycles. The summed E-state index contributed by atoms with van der Waals surface area (Å²) in [7, 11) is 0. The molecule has 0 aromatic rings. The van der Waals surface area contributed by atoms with E-state index in [2.05, 4.69) is 11.8 Å². The number of thioether (sulfide) groups is 1. The number of rotatable bonds is 4. The van der Waals surface area contributed by atoms with Crippen LogP contribution in [0, 0.1) is 0 Å². The van der Waals surface area contributed by atoms with Gasteiger partial charge in [0.25, 0.3) is 0 Å². The Balaban J connectivity index is 2.04. The molecule has 2 heterocycles. The van der Waals surface area contributed by atoms with Gasteiger partial charge < -0.3 is 4.74 Å². The smallest absolute Gasteiger partial charge is 0.307 e. The van der Waals surface area contributed by atoms with Crippen LogP contribution in [0.1, 0.15) is 39.5 Å². The van der Waals surface area contributed by atoms with Crippen molar-refractivity contribution >= 4 is 17.7 Å². The lowest BCUT2D eigenvalue weighted by atomic mass is 9.90. The van der Waals surface area contributed by atoms with E-state index in [-0.39, 0.29) is 11.5 Å². The van der Waals surface area contributed by atoms with Crippen LogP contribution in [0.25, 0.3) is 0 Å². The van der Waals surface area contributed by atoms with E-state index in [1.165, 1.54) is 12.8 Å². The van der Waals surface area contributed by atoms with Crippen molar-refractivity contribution in [3.8, 4) is 0 Å². The number of esters is 1. The van der Waals surface area contributed by atoms with Gasteiger partial charge in [0.05, 0.1) is 13.0 Å². The van der Waals surface area contributed by atoms with Crippen LogP contribution in [0.5, 0.6) is 0 Å². The summed E-state index contributed by atoms with van der Waals surface area (Å²) in [5.41, 5.74) is 0.0901. The van der Waals surface area contributed by atoms with E-state index in [0.717, 1.165) is 25.3 Å². The molecule has 2 aliphatic rings. The molecule has 3 nitrogen and oxygen atoms in total. The van der Waals surface area contributed by atoms with Gasteiger partial charge in [-0.3, -0.25) is 9.69 Å². The molecule has 4 heteroatoms. The van der Waals surface area contributed by atoms with E-state index in [0.29, 0.717) is 18.3 Å². The second-order valence-electron chi connectivity index (χ2n) is 5.23. The summed E-state index contributed by atoms with van der Waals surface area (Å²) in [4.78, 5) is 14.4. The molecule has 2 aliphatic heterocycles. The zero-order valence-corrected chi connectivity index (χ0v) is 11.7. The molecule has 2 fully saturated rings. The van der Waals surface area contributed by atoms with Crippen molar-refractivity contribution < 1.29 is 9.53 Å². The monoisotopic (exact) mass is 257 g/mol. The molecule has 0 aromatic carbocycles. The molecule has 0 bridgehead atoms. The summed E-state index contributed by atoms with van der Waals surface area (Å²) in [6.45, 7) is 6.97. The van der Waals surface area contributed by atoms with Crippen molar-refractivity contribution in [2.24, 2.45) is 0 Å². The van der Waals surface area contributed by atoms with Crippen LogP contribution in [0.2, 0.25) is 0 Å². The van der Waals surface area contributed by atoms with Crippen molar-refractivity contribution in [2.45, 2.75) is 50.3 Å². The zero-order valence-electron chi connectivity index (χ0n) is 10.9. The highest BCUT2D eigenvalue weighted by atomic mass is 32.2. The van der Waals surface area contributed by atoms with Crippen LogP contribution in [0.15, 0.2) is 0 Å². The number of hydrogen-bond donors (Lipinski definition) is 0. The van der Waals surface area contributed by atoms with Gasteiger partial charge in [-0.25, -0.2) is 0 Å². The third-order valence-corrected chi connectivity index (χ3v) is 5.30. The van der Waals surface area contributed by atoms with Crippen molar-refractivity contribution in [3.05, 3.63) is 0 Å². The molecule has 2 unspecified atom stereocenters. The van der Waals surface area contributed by atoms with E-state index < -0.39 is 0 Å². The maximum absolute atomic E-state index is 11.8. The first kappa shape index (κ1) is 13.2. The molecule has 2 rings (SSSR count). The minimum Gasteiger partial charge on any atom is -0.466 e. The highest BCUT2D eigenvalue weighted by Crippen LogP contribution is 2.42. The van der Waals surface area contributed by atoms with Crippen LogP contribution < -0.4 is 0 Å². The Hall–Kier alpha value is -0.220. The largest absolute Gasteiger partial charge is 0.466 e. The third kappa shape index (κ3) is 2.97. The average Bonchev–Trinajstić information content (AvgIpc) is 2.88. The van der Waals surface area contributed by atoms with Crippen LogP contribution in [0.4, 0.5) is 0 Å². The Morgan fingerprint density at radius 2 is 2.18 bits per heavy atom. The summed E-state index contributed by atoms with van der Waals surface area (Å²) in [6.07, 6.45) is 4.28. The molecule has 98 valence electrons. The van der Waals surface area contributed by atoms with Gasteiger partial charge in [0.1, 0.15) is 0 Å². The summed E-state index contributed by atoms with van der Waals surface area (Å²) in [5.74, 6) is 1.07. The van der Waals surface area contributed by atoms with E-state index in [1.807, 2.05) is 18.7 Å². The van der Waals surface area contributed by atoms with Gasteiger partial charge in [0.15, 0.2) is 0 Å². The summed E-state index contributed by atoms with van der Waals surface area (Å²) in [5, 5.41) is 0.671. The van der Waals surface area contributed by atoms with Gasteiger partial charge in [-0.05, 0) is 39.3 Å². The molecular formula is C13H23NO2S. The number of ether oxygens (including phenoxy) is 1. The topological polar surface area (TPSA) is 29.5 Å². The van der Waals surface area contributed by atoms with E-state index >= 15 is 0 Å². The highest BCUT2D eigenvalue weighted by Gasteiger charge is 2.45. The standard InChI is InChI=1S/C13H23NO2S/c1-3-16-12(15)9-13(8-11(2)17-10-13)14-6-4-5-7-14/h11H,3-10H2,1-2H3. The average molecular weight is 257 g/mol. The first-order chi connectivity index (χ1) is 8.16. The SMILES string of the molecule is CCOC(=O)CC1(N2CCCC2)CSC(C)C1. The number of likely N-dealkylation sites (tertiary alicyclic amines) is 1. The lowest BCUT2D eigenvalue weighted by Crippen LogP contribution is -2.49. The van der Waals surface area contributed by atoms with Crippen LogP contribution in [0.3, 0.4) is 0 Å². The number of nitrogens with zero attached hydrogens (tertiary/aromatic N) is 1. The van der Waals surface area contributed by atoms with Crippen molar-refractivity contribution in [1.82, 2.24) is 4.90 Å². The lowest BCUT2D eigenvalue weighted by molar-refractivity contribution is -0.146. The van der Waals surface area contributed by atoms with Gasteiger partial charge in [0, 0.05) is 16.5 Å². The van der Waals surface area contributed by atoms with Gasteiger partial charge in [-0.1, -0.05) is 6.92 Å². The van der Waals surface area contributed by atoms with Gasteiger partial charge in [-0.15, -0.1) is 0 Å². The molecule has 2 saturated heterocycles. The normalized spacial score (nSPS) is 34.1. The maximum atomic E-state index is 11.8.